The molecule has 0 aromatic rings. The van der Waals surface area contributed by atoms with Crippen LogP contribution in [0.15, 0.2) is 0 Å². The molecule has 0 spiro atoms. The molecule has 2 N–H and O–H groups in total. The zero-order valence-electron chi connectivity index (χ0n) is 6.43. The van der Waals surface area contributed by atoms with Gasteiger partial charge in [-0.25, -0.2) is 0 Å². The fraction of sp³-hybridized carbons (Fsp3) is 0.857. The number of quaternary nitrogens is 1. The zero-order chi connectivity index (χ0) is 7.82. The molecule has 1 aliphatic rings. The molecule has 0 unspecified atom stereocenters. The molecule has 0 aliphatic carbocycles. The van der Waals surface area contributed by atoms with Crippen LogP contribution in [0, 0.1) is 0 Å². The van der Waals surface area contributed by atoms with Crippen molar-refractivity contribution < 1.29 is 15.2 Å². The number of piperidine rings is 1. The van der Waals surface area contributed by atoms with Crippen LogP contribution in [0.1, 0.15) is 26.2 Å². The fourth-order valence-electron chi connectivity index (χ4n) is 0.898. The van der Waals surface area contributed by atoms with Crippen LogP contribution in [-0.2, 0) is 4.79 Å². The molecular formula is C7H15NO2. The molecule has 0 radical (unpaired) electrons. The summed E-state index contributed by atoms with van der Waals surface area (Å²) in [5.74, 6) is -1.08. The molecule has 1 rings (SSSR count). The fourth-order valence-corrected chi connectivity index (χ4v) is 0.898. The number of nitrogens with two attached hydrogens (primary N) is 1. The summed E-state index contributed by atoms with van der Waals surface area (Å²) < 4.78 is 0. The molecule has 1 heterocycles. The van der Waals surface area contributed by atoms with Gasteiger partial charge in [0.15, 0.2) is 0 Å². The van der Waals surface area contributed by atoms with E-state index in [9.17, 15) is 0 Å². The van der Waals surface area contributed by atoms with E-state index >= 15 is 0 Å². The van der Waals surface area contributed by atoms with Crippen LogP contribution in [0.25, 0.3) is 0 Å². The molecule has 10 heavy (non-hydrogen) atoms. The van der Waals surface area contributed by atoms with Gasteiger partial charge in [0.05, 0.1) is 13.1 Å². The Morgan fingerprint density at radius 2 is 1.70 bits per heavy atom. The second kappa shape index (κ2) is 6.55. The molecule has 3 heteroatoms. The van der Waals surface area contributed by atoms with E-state index in [0.717, 1.165) is 6.92 Å². The van der Waals surface area contributed by atoms with Crippen molar-refractivity contribution in [1.82, 2.24) is 0 Å². The maximum absolute atomic E-state index is 8.89. The second-order valence-corrected chi connectivity index (χ2v) is 2.42. The molecule has 3 nitrogen and oxygen atoms in total. The van der Waals surface area contributed by atoms with E-state index in [1.165, 1.54) is 32.4 Å². The van der Waals surface area contributed by atoms with E-state index in [4.69, 9.17) is 9.90 Å². The van der Waals surface area contributed by atoms with Crippen molar-refractivity contribution in [2.45, 2.75) is 26.2 Å². The van der Waals surface area contributed by atoms with Gasteiger partial charge in [-0.05, 0) is 26.2 Å². The Labute approximate surface area is 61.4 Å². The summed E-state index contributed by atoms with van der Waals surface area (Å²) in [6.07, 6.45) is 4.36. The average Bonchev–Trinajstić information content (AvgIpc) is 1.90. The number of hydrogen-bond acceptors (Lipinski definition) is 2. The summed E-state index contributed by atoms with van der Waals surface area (Å²) >= 11 is 0. The number of carboxylic acid groups (broad SMARTS) is 1. The van der Waals surface area contributed by atoms with E-state index in [1.54, 1.807) is 0 Å². The Morgan fingerprint density at radius 3 is 1.80 bits per heavy atom. The molecule has 0 saturated carbocycles. The molecule has 0 atom stereocenters. The summed E-state index contributed by atoms with van der Waals surface area (Å²) in [4.78, 5) is 8.89. The summed E-state index contributed by atoms with van der Waals surface area (Å²) in [5.41, 5.74) is 0. The quantitative estimate of drug-likeness (QED) is 0.450. The monoisotopic (exact) mass is 145 g/mol. The van der Waals surface area contributed by atoms with Crippen molar-refractivity contribution in [3.8, 4) is 0 Å². The van der Waals surface area contributed by atoms with Crippen molar-refractivity contribution in [2.75, 3.05) is 13.1 Å². The first-order valence-electron chi connectivity index (χ1n) is 3.72. The van der Waals surface area contributed by atoms with Crippen LogP contribution in [0.4, 0.5) is 0 Å². The van der Waals surface area contributed by atoms with Gasteiger partial charge in [0.25, 0.3) is 0 Å². The first-order valence-corrected chi connectivity index (χ1v) is 3.72. The topological polar surface area (TPSA) is 56.7 Å². The minimum Gasteiger partial charge on any atom is -0.550 e. The van der Waals surface area contributed by atoms with E-state index in [1.807, 2.05) is 0 Å². The highest BCUT2D eigenvalue weighted by Gasteiger charge is 1.97. The summed E-state index contributed by atoms with van der Waals surface area (Å²) in [7, 11) is 0. The molecule has 0 aromatic carbocycles. The normalized spacial score (nSPS) is 16.9. The maximum atomic E-state index is 8.89. The predicted molar refractivity (Wildman–Crippen MR) is 36.2 cm³/mol. The minimum absolute atomic E-state index is 0.972. The zero-order valence-corrected chi connectivity index (χ0v) is 6.43. The van der Waals surface area contributed by atoms with Crippen molar-refractivity contribution in [1.29, 1.82) is 0 Å². The number of rotatable bonds is 0. The average molecular weight is 145 g/mol. The summed E-state index contributed by atoms with van der Waals surface area (Å²) in [5, 5.41) is 11.3. The largest absolute Gasteiger partial charge is 0.550 e. The third-order valence-corrected chi connectivity index (χ3v) is 1.32. The first-order chi connectivity index (χ1) is 4.73. The van der Waals surface area contributed by atoms with Crippen LogP contribution in [0.3, 0.4) is 0 Å². The lowest BCUT2D eigenvalue weighted by molar-refractivity contribution is -0.662. The molecular weight excluding hydrogens is 130 g/mol. The lowest BCUT2D eigenvalue weighted by Crippen LogP contribution is -2.85. The van der Waals surface area contributed by atoms with Crippen LogP contribution in [0.5, 0.6) is 0 Å². The lowest BCUT2D eigenvalue weighted by atomic mass is 10.2. The Bertz CT molecular complexity index is 74.1. The Balaban J connectivity index is 0.000000180. The third kappa shape index (κ3) is 10.4. The highest BCUT2D eigenvalue weighted by molar-refractivity contribution is 5.60. The molecule has 1 fully saturated rings. The standard InChI is InChI=1S/C5H11N.C2H4O2/c1-2-4-6-5-3-1;1-2(3)4/h6H,1-5H2;1H3,(H,3,4). The summed E-state index contributed by atoms with van der Waals surface area (Å²) in [6, 6.07) is 0. The van der Waals surface area contributed by atoms with Gasteiger partial charge in [-0.1, -0.05) is 0 Å². The maximum Gasteiger partial charge on any atom is 0.0755 e. The number of carbonyl (C=O) groups is 1. The van der Waals surface area contributed by atoms with Gasteiger partial charge < -0.3 is 15.2 Å². The van der Waals surface area contributed by atoms with Crippen LogP contribution in [0.2, 0.25) is 0 Å². The molecule has 0 aromatic heterocycles. The highest BCUT2D eigenvalue weighted by atomic mass is 16.4. The van der Waals surface area contributed by atoms with Crippen molar-refractivity contribution >= 4 is 5.97 Å². The number of carboxylic acids is 1. The van der Waals surface area contributed by atoms with Gasteiger partial charge in [-0.2, -0.15) is 0 Å². The molecule has 1 saturated heterocycles. The molecule has 60 valence electrons. The summed E-state index contributed by atoms with van der Waals surface area (Å²) in [6.45, 7) is 3.72. The molecule has 1 aliphatic heterocycles. The van der Waals surface area contributed by atoms with E-state index in [-0.39, 0.29) is 0 Å². The SMILES string of the molecule is C1CC[NH2+]CC1.CC(=O)[O-]. The first kappa shape index (κ1) is 9.43. The van der Waals surface area contributed by atoms with Gasteiger partial charge in [0.2, 0.25) is 0 Å². The Hall–Kier alpha value is -0.570. The highest BCUT2D eigenvalue weighted by Crippen LogP contribution is 1.91. The number of carbonyl (C=O) groups excluding carboxylic acids is 1. The minimum atomic E-state index is -1.08. The van der Waals surface area contributed by atoms with Crippen LogP contribution < -0.4 is 10.4 Å². The smallest absolute Gasteiger partial charge is 0.0755 e. The van der Waals surface area contributed by atoms with Crippen LogP contribution >= 0.6 is 0 Å². The van der Waals surface area contributed by atoms with Crippen molar-refractivity contribution in [3.63, 3.8) is 0 Å². The molecule has 0 amide bonds. The van der Waals surface area contributed by atoms with Gasteiger partial charge in [0.1, 0.15) is 0 Å². The lowest BCUT2D eigenvalue weighted by Gasteiger charge is -2.05. The second-order valence-electron chi connectivity index (χ2n) is 2.42. The van der Waals surface area contributed by atoms with Gasteiger partial charge >= 0.3 is 0 Å². The van der Waals surface area contributed by atoms with Gasteiger partial charge in [0, 0.05) is 5.97 Å². The third-order valence-electron chi connectivity index (χ3n) is 1.32. The predicted octanol–water partition coefficient (Wildman–Crippen LogP) is -1.51. The van der Waals surface area contributed by atoms with Crippen LogP contribution in [-0.4, -0.2) is 19.1 Å². The van der Waals surface area contributed by atoms with Gasteiger partial charge in [-0.15, -0.1) is 0 Å². The number of hydrogen-bond donors (Lipinski definition) is 1. The van der Waals surface area contributed by atoms with E-state index in [2.05, 4.69) is 5.32 Å². The Kier molecular flexibility index (Phi) is 6.18. The van der Waals surface area contributed by atoms with Crippen molar-refractivity contribution in [3.05, 3.63) is 0 Å². The van der Waals surface area contributed by atoms with E-state index < -0.39 is 5.97 Å². The van der Waals surface area contributed by atoms with Gasteiger partial charge in [-0.3, -0.25) is 0 Å². The Morgan fingerprint density at radius 1 is 1.30 bits per heavy atom. The molecule has 0 bridgehead atoms. The number of aliphatic carboxylic acids is 1. The van der Waals surface area contributed by atoms with Crippen molar-refractivity contribution in [2.24, 2.45) is 0 Å². The van der Waals surface area contributed by atoms with E-state index in [0.29, 0.717) is 0 Å².